The second-order valence-corrected chi connectivity index (χ2v) is 7.02. The first kappa shape index (κ1) is 16.9. The standard InChI is InChI=1S/C18H15ClN4O2S/c19-12-3-5-13(6-4-12)25-17-9-20-8-14(22-17)16-2-1-7-23(16)18(24)15-10-26-11-21-15/h3-6,8-11,16H,1-2,7H2/t16-/m1/s1. The van der Waals surface area contributed by atoms with E-state index in [2.05, 4.69) is 15.0 Å². The van der Waals surface area contributed by atoms with Crippen LogP contribution in [0.25, 0.3) is 0 Å². The molecule has 0 spiro atoms. The predicted octanol–water partition coefficient (Wildman–Crippen LogP) is 4.36. The topological polar surface area (TPSA) is 68.2 Å². The summed E-state index contributed by atoms with van der Waals surface area (Å²) in [7, 11) is 0. The summed E-state index contributed by atoms with van der Waals surface area (Å²) in [6.45, 7) is 0.685. The molecule has 1 atom stereocenters. The minimum Gasteiger partial charge on any atom is -0.437 e. The molecule has 1 aliphatic rings. The first-order valence-corrected chi connectivity index (χ1v) is 9.47. The zero-order valence-corrected chi connectivity index (χ0v) is 15.3. The molecule has 0 unspecified atom stereocenters. The number of nitrogens with zero attached hydrogens (tertiary/aromatic N) is 4. The molecule has 8 heteroatoms. The number of ether oxygens (including phenoxy) is 1. The highest BCUT2D eigenvalue weighted by atomic mass is 35.5. The van der Waals surface area contributed by atoms with Crippen molar-refractivity contribution in [1.29, 1.82) is 0 Å². The number of amides is 1. The Balaban J connectivity index is 1.55. The van der Waals surface area contributed by atoms with Gasteiger partial charge in [0.1, 0.15) is 11.4 Å². The van der Waals surface area contributed by atoms with Gasteiger partial charge in [-0.25, -0.2) is 9.97 Å². The number of carbonyl (C=O) groups excluding carboxylic acids is 1. The van der Waals surface area contributed by atoms with Crippen LogP contribution in [-0.2, 0) is 0 Å². The SMILES string of the molecule is O=C(c1cscn1)N1CCC[C@@H]1c1cncc(Oc2ccc(Cl)cc2)n1. The molecular weight excluding hydrogens is 372 g/mol. The molecule has 0 N–H and O–H groups in total. The first-order chi connectivity index (χ1) is 12.7. The lowest BCUT2D eigenvalue weighted by molar-refractivity contribution is 0.0727. The Morgan fingerprint density at radius 1 is 1.27 bits per heavy atom. The second-order valence-electron chi connectivity index (χ2n) is 5.87. The molecule has 3 aromatic rings. The highest BCUT2D eigenvalue weighted by Gasteiger charge is 2.32. The van der Waals surface area contributed by atoms with Crippen LogP contribution < -0.4 is 4.74 Å². The molecule has 2 aromatic heterocycles. The van der Waals surface area contributed by atoms with E-state index in [1.807, 2.05) is 4.90 Å². The van der Waals surface area contributed by atoms with E-state index in [9.17, 15) is 4.79 Å². The Hall–Kier alpha value is -2.51. The average Bonchev–Trinajstić information content (AvgIpc) is 3.35. The maximum Gasteiger partial charge on any atom is 0.273 e. The van der Waals surface area contributed by atoms with Crippen LogP contribution in [0.3, 0.4) is 0 Å². The predicted molar refractivity (Wildman–Crippen MR) is 98.7 cm³/mol. The summed E-state index contributed by atoms with van der Waals surface area (Å²) in [5, 5.41) is 2.41. The Kier molecular flexibility index (Phi) is 4.81. The van der Waals surface area contributed by atoms with Crippen molar-refractivity contribution in [2.75, 3.05) is 6.54 Å². The van der Waals surface area contributed by atoms with E-state index in [4.69, 9.17) is 16.3 Å². The third kappa shape index (κ3) is 3.54. The van der Waals surface area contributed by atoms with E-state index in [1.165, 1.54) is 11.3 Å². The number of benzene rings is 1. The zero-order valence-electron chi connectivity index (χ0n) is 13.7. The quantitative estimate of drug-likeness (QED) is 0.666. The molecule has 1 saturated heterocycles. The van der Waals surface area contributed by atoms with E-state index >= 15 is 0 Å². The van der Waals surface area contributed by atoms with Gasteiger partial charge in [0.2, 0.25) is 5.88 Å². The lowest BCUT2D eigenvalue weighted by atomic mass is 10.1. The van der Waals surface area contributed by atoms with Gasteiger partial charge in [-0.15, -0.1) is 11.3 Å². The number of thiazole rings is 1. The molecule has 3 heterocycles. The van der Waals surface area contributed by atoms with Crippen LogP contribution in [-0.4, -0.2) is 32.3 Å². The summed E-state index contributed by atoms with van der Waals surface area (Å²) < 4.78 is 5.76. The van der Waals surface area contributed by atoms with E-state index < -0.39 is 0 Å². The van der Waals surface area contributed by atoms with Gasteiger partial charge in [-0.2, -0.15) is 0 Å². The van der Waals surface area contributed by atoms with Gasteiger partial charge in [0.25, 0.3) is 5.91 Å². The smallest absolute Gasteiger partial charge is 0.273 e. The fourth-order valence-electron chi connectivity index (χ4n) is 2.98. The van der Waals surface area contributed by atoms with Crippen LogP contribution >= 0.6 is 22.9 Å². The summed E-state index contributed by atoms with van der Waals surface area (Å²) in [6, 6.07) is 6.92. The van der Waals surface area contributed by atoms with Crippen LogP contribution in [0.4, 0.5) is 0 Å². The molecule has 1 fully saturated rings. The zero-order chi connectivity index (χ0) is 17.9. The molecular formula is C18H15ClN4O2S. The molecule has 0 radical (unpaired) electrons. The van der Waals surface area contributed by atoms with Crippen molar-refractivity contribution < 1.29 is 9.53 Å². The summed E-state index contributed by atoms with van der Waals surface area (Å²) >= 11 is 7.30. The Labute approximate surface area is 159 Å². The van der Waals surface area contributed by atoms with Gasteiger partial charge < -0.3 is 9.64 Å². The van der Waals surface area contributed by atoms with Crippen molar-refractivity contribution in [2.24, 2.45) is 0 Å². The lowest BCUT2D eigenvalue weighted by Gasteiger charge is -2.23. The van der Waals surface area contributed by atoms with Crippen molar-refractivity contribution >= 4 is 28.8 Å². The molecule has 1 aliphatic heterocycles. The number of rotatable bonds is 4. The fourth-order valence-corrected chi connectivity index (χ4v) is 3.63. The Morgan fingerprint density at radius 2 is 2.12 bits per heavy atom. The number of halogens is 1. The summed E-state index contributed by atoms with van der Waals surface area (Å²) in [4.78, 5) is 27.4. The van der Waals surface area contributed by atoms with Gasteiger partial charge in [-0.1, -0.05) is 11.6 Å². The monoisotopic (exact) mass is 386 g/mol. The van der Waals surface area contributed by atoms with Crippen LogP contribution in [0, 0.1) is 0 Å². The molecule has 1 amide bonds. The van der Waals surface area contributed by atoms with Crippen molar-refractivity contribution in [3.05, 3.63) is 64.0 Å². The van der Waals surface area contributed by atoms with Crippen LogP contribution in [0.15, 0.2) is 47.5 Å². The maximum absolute atomic E-state index is 12.7. The number of carbonyl (C=O) groups is 1. The van der Waals surface area contributed by atoms with Gasteiger partial charge in [0, 0.05) is 16.9 Å². The Bertz CT molecular complexity index is 902. The van der Waals surface area contributed by atoms with E-state index in [-0.39, 0.29) is 11.9 Å². The number of hydrogen-bond donors (Lipinski definition) is 0. The highest BCUT2D eigenvalue weighted by molar-refractivity contribution is 7.07. The average molecular weight is 387 g/mol. The van der Waals surface area contributed by atoms with Crippen molar-refractivity contribution in [1.82, 2.24) is 19.9 Å². The largest absolute Gasteiger partial charge is 0.437 e. The number of hydrogen-bond acceptors (Lipinski definition) is 6. The first-order valence-electron chi connectivity index (χ1n) is 8.15. The van der Waals surface area contributed by atoms with Gasteiger partial charge >= 0.3 is 0 Å². The van der Waals surface area contributed by atoms with Crippen LogP contribution in [0.5, 0.6) is 11.6 Å². The minimum atomic E-state index is -0.120. The van der Waals surface area contributed by atoms with Gasteiger partial charge in [0.05, 0.1) is 29.6 Å². The molecule has 0 bridgehead atoms. The molecule has 4 rings (SSSR count). The molecule has 6 nitrogen and oxygen atoms in total. The second kappa shape index (κ2) is 7.39. The Morgan fingerprint density at radius 3 is 2.88 bits per heavy atom. The van der Waals surface area contributed by atoms with Crippen LogP contribution in [0.2, 0.25) is 5.02 Å². The van der Waals surface area contributed by atoms with Gasteiger partial charge in [-0.3, -0.25) is 9.78 Å². The van der Waals surface area contributed by atoms with Gasteiger partial charge in [0.15, 0.2) is 0 Å². The summed E-state index contributed by atoms with van der Waals surface area (Å²) in [5.41, 5.74) is 2.86. The van der Waals surface area contributed by atoms with E-state index in [0.717, 1.165) is 18.5 Å². The molecule has 132 valence electrons. The maximum atomic E-state index is 12.7. The van der Waals surface area contributed by atoms with Crippen molar-refractivity contribution in [3.63, 3.8) is 0 Å². The highest BCUT2D eigenvalue weighted by Crippen LogP contribution is 2.33. The molecule has 0 saturated carbocycles. The molecule has 1 aromatic carbocycles. The molecule has 0 aliphatic carbocycles. The summed E-state index contributed by atoms with van der Waals surface area (Å²) in [5.74, 6) is 0.944. The van der Waals surface area contributed by atoms with Gasteiger partial charge in [-0.05, 0) is 37.1 Å². The normalized spacial score (nSPS) is 16.7. The minimum absolute atomic E-state index is 0.0698. The molecule has 26 heavy (non-hydrogen) atoms. The van der Waals surface area contributed by atoms with Crippen molar-refractivity contribution in [3.8, 4) is 11.6 Å². The van der Waals surface area contributed by atoms with E-state index in [1.54, 1.807) is 47.5 Å². The van der Waals surface area contributed by atoms with E-state index in [0.29, 0.717) is 28.9 Å². The third-order valence-corrected chi connectivity index (χ3v) is 5.01. The third-order valence-electron chi connectivity index (χ3n) is 4.17. The lowest BCUT2D eigenvalue weighted by Crippen LogP contribution is -2.31. The van der Waals surface area contributed by atoms with Crippen molar-refractivity contribution in [2.45, 2.75) is 18.9 Å². The number of aromatic nitrogens is 3. The fraction of sp³-hybridized carbons (Fsp3) is 0.222. The summed E-state index contributed by atoms with van der Waals surface area (Å²) in [6.07, 6.45) is 5.01. The number of likely N-dealkylation sites (tertiary alicyclic amines) is 1. The van der Waals surface area contributed by atoms with Crippen LogP contribution in [0.1, 0.15) is 35.1 Å².